The van der Waals surface area contributed by atoms with Gasteiger partial charge in [-0.3, -0.25) is 14.4 Å². The smallest absolute Gasteiger partial charge is 0.416 e. The van der Waals surface area contributed by atoms with Crippen LogP contribution in [0.15, 0.2) is 47.3 Å². The lowest BCUT2D eigenvalue weighted by Gasteiger charge is -2.20. The minimum Gasteiger partial charge on any atom is -0.508 e. The van der Waals surface area contributed by atoms with Gasteiger partial charge in [-0.2, -0.15) is 13.2 Å². The number of aliphatic carboxylic acids is 1. The topological polar surface area (TPSA) is 122 Å². The SMILES string of the molecule is O=C(c1ccc(O)cc1)C1CCC(Cn2nnc3ccc(C(F)(F)F)cc3c2=O)C1C(=O)O. The lowest BCUT2D eigenvalue weighted by molar-refractivity contribution is -0.144. The van der Waals surface area contributed by atoms with Crippen molar-refractivity contribution in [1.29, 1.82) is 0 Å². The van der Waals surface area contributed by atoms with Gasteiger partial charge in [0.1, 0.15) is 11.3 Å². The third kappa shape index (κ3) is 4.30. The molecule has 1 aliphatic rings. The molecule has 2 N–H and O–H groups in total. The molecule has 1 fully saturated rings. The van der Waals surface area contributed by atoms with Gasteiger partial charge in [-0.25, -0.2) is 4.68 Å². The number of halogens is 3. The zero-order chi connectivity index (χ0) is 23.9. The Morgan fingerprint density at radius 1 is 1.09 bits per heavy atom. The first-order chi connectivity index (χ1) is 15.6. The van der Waals surface area contributed by atoms with Crippen LogP contribution in [0.1, 0.15) is 28.8 Å². The van der Waals surface area contributed by atoms with Crippen LogP contribution < -0.4 is 5.56 Å². The quantitative estimate of drug-likeness (QED) is 0.560. The highest BCUT2D eigenvalue weighted by atomic mass is 19.4. The molecule has 11 heteroatoms. The van der Waals surface area contributed by atoms with Crippen LogP contribution in [0.3, 0.4) is 0 Å². The normalized spacial score (nSPS) is 20.8. The van der Waals surface area contributed by atoms with Crippen molar-refractivity contribution in [2.24, 2.45) is 17.8 Å². The molecule has 3 aromatic rings. The highest BCUT2D eigenvalue weighted by molar-refractivity contribution is 6.00. The Balaban J connectivity index is 1.63. The number of carbonyl (C=O) groups excluding carboxylic acids is 1. The summed E-state index contributed by atoms with van der Waals surface area (Å²) >= 11 is 0. The molecule has 3 atom stereocenters. The summed E-state index contributed by atoms with van der Waals surface area (Å²) < 4.78 is 40.0. The summed E-state index contributed by atoms with van der Waals surface area (Å²) in [5, 5.41) is 26.5. The number of ketones is 1. The van der Waals surface area contributed by atoms with E-state index >= 15 is 0 Å². The first kappa shape index (κ1) is 22.4. The molecule has 8 nitrogen and oxygen atoms in total. The van der Waals surface area contributed by atoms with Gasteiger partial charge in [0.05, 0.1) is 23.4 Å². The van der Waals surface area contributed by atoms with Gasteiger partial charge in [-0.05, 0) is 61.2 Å². The largest absolute Gasteiger partial charge is 0.508 e. The van der Waals surface area contributed by atoms with Crippen molar-refractivity contribution in [2.75, 3.05) is 0 Å². The number of carboxylic acid groups (broad SMARTS) is 1. The average Bonchev–Trinajstić information content (AvgIpc) is 3.19. The molecule has 1 aliphatic carbocycles. The van der Waals surface area contributed by atoms with E-state index in [9.17, 15) is 37.8 Å². The second kappa shape index (κ2) is 8.30. The number of phenolic OH excluding ortho intramolecular Hbond substituents is 1. The molecule has 0 saturated heterocycles. The first-order valence-electron chi connectivity index (χ1n) is 10.1. The van der Waals surface area contributed by atoms with Crippen molar-refractivity contribution in [2.45, 2.75) is 25.6 Å². The predicted octanol–water partition coefficient (Wildman–Crippen LogP) is 3.13. The Morgan fingerprint density at radius 3 is 2.42 bits per heavy atom. The summed E-state index contributed by atoms with van der Waals surface area (Å²) in [6.45, 7) is -0.200. The van der Waals surface area contributed by atoms with E-state index in [0.717, 1.165) is 16.8 Å². The monoisotopic (exact) mass is 461 g/mol. The number of hydrogen-bond acceptors (Lipinski definition) is 6. The van der Waals surface area contributed by atoms with Crippen LogP contribution >= 0.6 is 0 Å². The number of rotatable bonds is 5. The van der Waals surface area contributed by atoms with Crippen molar-refractivity contribution in [3.8, 4) is 5.75 Å². The number of benzene rings is 2. The maximum Gasteiger partial charge on any atom is 0.416 e. The number of aromatic hydroxyl groups is 1. The highest BCUT2D eigenvalue weighted by Crippen LogP contribution is 2.40. The molecule has 1 saturated carbocycles. The number of carbonyl (C=O) groups is 2. The molecule has 1 heterocycles. The van der Waals surface area contributed by atoms with Gasteiger partial charge >= 0.3 is 12.1 Å². The Kier molecular flexibility index (Phi) is 5.64. The molecule has 1 aromatic heterocycles. The van der Waals surface area contributed by atoms with Crippen molar-refractivity contribution in [3.05, 3.63) is 63.9 Å². The number of fused-ring (bicyclic) bond motifs is 1. The zero-order valence-electron chi connectivity index (χ0n) is 17.0. The van der Waals surface area contributed by atoms with Crippen LogP contribution in [0.5, 0.6) is 5.75 Å². The van der Waals surface area contributed by atoms with Gasteiger partial charge in [0.2, 0.25) is 0 Å². The molecular weight excluding hydrogens is 443 g/mol. The van der Waals surface area contributed by atoms with Gasteiger partial charge in [0.25, 0.3) is 5.56 Å². The summed E-state index contributed by atoms with van der Waals surface area (Å²) in [5.41, 5.74) is -1.57. The van der Waals surface area contributed by atoms with Gasteiger partial charge in [0, 0.05) is 11.5 Å². The second-order valence-corrected chi connectivity index (χ2v) is 8.03. The van der Waals surface area contributed by atoms with Gasteiger partial charge < -0.3 is 10.2 Å². The van der Waals surface area contributed by atoms with E-state index in [-0.39, 0.29) is 35.2 Å². The molecule has 4 rings (SSSR count). The third-order valence-electron chi connectivity index (χ3n) is 6.02. The minimum atomic E-state index is -4.64. The van der Waals surface area contributed by atoms with Crippen molar-refractivity contribution in [3.63, 3.8) is 0 Å². The Labute approximate surface area is 184 Å². The van der Waals surface area contributed by atoms with E-state index in [1.807, 2.05) is 0 Å². The number of aromatic nitrogens is 3. The third-order valence-corrected chi connectivity index (χ3v) is 6.02. The molecule has 0 bridgehead atoms. The molecular formula is C22H18F3N3O5. The molecule has 0 radical (unpaired) electrons. The minimum absolute atomic E-state index is 0.00848. The van der Waals surface area contributed by atoms with Gasteiger partial charge in [0.15, 0.2) is 5.78 Å². The molecule has 0 spiro atoms. The van der Waals surface area contributed by atoms with Crippen LogP contribution in [-0.2, 0) is 17.5 Å². The van der Waals surface area contributed by atoms with Crippen molar-refractivity contribution < 1.29 is 33.0 Å². The van der Waals surface area contributed by atoms with Crippen LogP contribution in [0.4, 0.5) is 13.2 Å². The van der Waals surface area contributed by atoms with Crippen LogP contribution in [0, 0.1) is 17.8 Å². The van der Waals surface area contributed by atoms with Crippen LogP contribution in [0.25, 0.3) is 10.9 Å². The highest BCUT2D eigenvalue weighted by Gasteiger charge is 2.45. The van der Waals surface area contributed by atoms with E-state index in [1.165, 1.54) is 24.3 Å². The average molecular weight is 461 g/mol. The summed E-state index contributed by atoms with van der Waals surface area (Å²) in [6, 6.07) is 8.02. The summed E-state index contributed by atoms with van der Waals surface area (Å²) in [5.74, 6) is -4.25. The molecule has 2 aromatic carbocycles. The second-order valence-electron chi connectivity index (χ2n) is 8.03. The van der Waals surface area contributed by atoms with E-state index in [4.69, 9.17) is 0 Å². The fourth-order valence-electron chi connectivity index (χ4n) is 4.39. The summed E-state index contributed by atoms with van der Waals surface area (Å²) in [4.78, 5) is 37.7. The van der Waals surface area contributed by atoms with E-state index in [0.29, 0.717) is 12.5 Å². The van der Waals surface area contributed by atoms with Crippen molar-refractivity contribution >= 4 is 22.7 Å². The molecule has 0 amide bonds. The summed E-state index contributed by atoms with van der Waals surface area (Å²) in [6.07, 6.45) is -4.08. The Morgan fingerprint density at radius 2 is 1.79 bits per heavy atom. The van der Waals surface area contributed by atoms with E-state index < -0.39 is 46.8 Å². The van der Waals surface area contributed by atoms with Gasteiger partial charge in [-0.1, -0.05) is 5.21 Å². The lowest BCUT2D eigenvalue weighted by atomic mass is 9.84. The van der Waals surface area contributed by atoms with Crippen LogP contribution in [-0.4, -0.2) is 37.0 Å². The fourth-order valence-corrected chi connectivity index (χ4v) is 4.39. The number of nitrogens with zero attached hydrogens (tertiary/aromatic N) is 3. The Bertz CT molecular complexity index is 1290. The number of carboxylic acids is 1. The molecule has 0 aliphatic heterocycles. The van der Waals surface area contributed by atoms with Crippen LogP contribution in [0.2, 0.25) is 0 Å². The zero-order valence-corrected chi connectivity index (χ0v) is 17.0. The number of Topliss-reactive ketones (excluding diaryl/α,β-unsaturated/α-hetero) is 1. The first-order valence-corrected chi connectivity index (χ1v) is 10.1. The van der Waals surface area contributed by atoms with E-state index in [2.05, 4.69) is 10.3 Å². The maximum absolute atomic E-state index is 13.0. The number of phenols is 1. The van der Waals surface area contributed by atoms with Crippen molar-refractivity contribution in [1.82, 2.24) is 15.0 Å². The Hall–Kier alpha value is -3.76. The lowest BCUT2D eigenvalue weighted by Crippen LogP contribution is -2.34. The fraction of sp³-hybridized carbons (Fsp3) is 0.318. The number of hydrogen-bond donors (Lipinski definition) is 2. The standard InChI is InChI=1S/C22H18F3N3O5/c23-22(24,25)13-4-8-17-16(9-13)20(31)28(27-26-17)10-12-3-7-15(18(12)21(32)33)19(30)11-1-5-14(29)6-2-11/h1-2,4-6,8-9,12,15,18,29H,3,7,10H2,(H,32,33). The van der Waals surface area contributed by atoms with Gasteiger partial charge in [-0.15, -0.1) is 5.10 Å². The maximum atomic E-state index is 13.0. The number of alkyl halides is 3. The molecule has 3 unspecified atom stereocenters. The predicted molar refractivity (Wildman–Crippen MR) is 109 cm³/mol. The summed E-state index contributed by atoms with van der Waals surface area (Å²) in [7, 11) is 0. The molecule has 33 heavy (non-hydrogen) atoms. The molecule has 172 valence electrons. The van der Waals surface area contributed by atoms with E-state index in [1.54, 1.807) is 0 Å².